The highest BCUT2D eigenvalue weighted by atomic mass is 16.7. The van der Waals surface area contributed by atoms with Gasteiger partial charge in [0.2, 0.25) is 0 Å². The number of nitrogens with zero attached hydrogens (tertiary/aromatic N) is 1. The van der Waals surface area contributed by atoms with Crippen LogP contribution in [0.5, 0.6) is 0 Å². The largest absolute Gasteiger partial charge is 0.267 e. The first kappa shape index (κ1) is 12.5. The van der Waals surface area contributed by atoms with Crippen LogP contribution in [-0.2, 0) is 4.84 Å². The van der Waals surface area contributed by atoms with E-state index in [4.69, 9.17) is 4.84 Å². The number of fused-ring (bicyclic) bond motifs is 1. The van der Waals surface area contributed by atoms with Crippen LogP contribution in [0, 0.1) is 5.41 Å². The highest BCUT2D eigenvalue weighted by molar-refractivity contribution is 5.12. The average Bonchev–Trinajstić information content (AvgIpc) is 2.40. The minimum atomic E-state index is 0.0252. The zero-order chi connectivity index (χ0) is 12.6. The molecule has 0 bridgehead atoms. The lowest BCUT2D eigenvalue weighted by Gasteiger charge is -2.53. The summed E-state index contributed by atoms with van der Waals surface area (Å²) in [5.41, 5.74) is 0.272. The van der Waals surface area contributed by atoms with Crippen molar-refractivity contribution in [1.29, 1.82) is 0 Å². The summed E-state index contributed by atoms with van der Waals surface area (Å²) in [7, 11) is 0. The van der Waals surface area contributed by atoms with E-state index in [1.165, 1.54) is 57.8 Å². The lowest BCUT2D eigenvalue weighted by Crippen LogP contribution is -2.55. The highest BCUT2D eigenvalue weighted by Gasteiger charge is 2.49. The topological polar surface area (TPSA) is 12.5 Å². The van der Waals surface area contributed by atoms with E-state index in [-0.39, 0.29) is 11.0 Å². The van der Waals surface area contributed by atoms with Gasteiger partial charge in [-0.1, -0.05) is 45.1 Å². The first-order chi connectivity index (χ1) is 8.63. The van der Waals surface area contributed by atoms with Crippen LogP contribution in [0.3, 0.4) is 0 Å². The zero-order valence-electron chi connectivity index (χ0n) is 12.0. The molecule has 18 heavy (non-hydrogen) atoms. The normalized spacial score (nSPS) is 41.8. The van der Waals surface area contributed by atoms with Crippen LogP contribution < -0.4 is 0 Å². The number of rotatable bonds is 1. The molecule has 2 fully saturated rings. The highest BCUT2D eigenvalue weighted by Crippen LogP contribution is 2.50. The summed E-state index contributed by atoms with van der Waals surface area (Å²) in [5, 5.41) is 2.20. The Hall–Kier alpha value is -0.500. The third kappa shape index (κ3) is 1.99. The van der Waals surface area contributed by atoms with Crippen LogP contribution >= 0.6 is 0 Å². The van der Waals surface area contributed by atoms with E-state index in [2.05, 4.69) is 31.2 Å². The Morgan fingerprint density at radius 1 is 1.00 bits per heavy atom. The van der Waals surface area contributed by atoms with Crippen molar-refractivity contribution >= 4 is 0 Å². The van der Waals surface area contributed by atoms with Gasteiger partial charge in [0, 0.05) is 11.6 Å². The maximum absolute atomic E-state index is 6.47. The number of hydrogen-bond donors (Lipinski definition) is 0. The van der Waals surface area contributed by atoms with Gasteiger partial charge >= 0.3 is 0 Å². The van der Waals surface area contributed by atoms with Crippen LogP contribution in [0.15, 0.2) is 12.3 Å². The summed E-state index contributed by atoms with van der Waals surface area (Å²) >= 11 is 0. The van der Waals surface area contributed by atoms with E-state index >= 15 is 0 Å². The molecular weight excluding hydrogens is 222 g/mol. The van der Waals surface area contributed by atoms with E-state index in [1.54, 1.807) is 0 Å². The fourth-order valence-corrected chi connectivity index (χ4v) is 3.95. The molecule has 2 atom stereocenters. The minimum absolute atomic E-state index is 0.0252. The van der Waals surface area contributed by atoms with Gasteiger partial charge in [0.1, 0.15) is 5.60 Å². The molecule has 0 aromatic carbocycles. The molecule has 1 heterocycles. The molecule has 2 heteroatoms. The fourth-order valence-electron chi connectivity index (χ4n) is 3.95. The number of hydroxylamine groups is 2. The maximum atomic E-state index is 6.47. The first-order valence-corrected chi connectivity index (χ1v) is 7.80. The van der Waals surface area contributed by atoms with Gasteiger partial charge in [0.15, 0.2) is 0 Å². The Labute approximate surface area is 111 Å². The molecule has 1 aliphatic heterocycles. The zero-order valence-corrected chi connectivity index (χ0v) is 12.0. The molecule has 0 aromatic heterocycles. The van der Waals surface area contributed by atoms with Crippen molar-refractivity contribution in [2.75, 3.05) is 0 Å². The third-order valence-electron chi connectivity index (χ3n) is 5.64. The van der Waals surface area contributed by atoms with Crippen molar-refractivity contribution in [3.8, 4) is 0 Å². The minimum Gasteiger partial charge on any atom is -0.267 e. The van der Waals surface area contributed by atoms with Crippen molar-refractivity contribution < 1.29 is 4.84 Å². The predicted octanol–water partition coefficient (Wildman–Crippen LogP) is 4.42. The predicted molar refractivity (Wildman–Crippen MR) is 73.9 cm³/mol. The molecule has 0 spiro atoms. The second kappa shape index (κ2) is 4.56. The van der Waals surface area contributed by atoms with Crippen LogP contribution in [0.2, 0.25) is 0 Å². The first-order valence-electron chi connectivity index (χ1n) is 7.80. The van der Waals surface area contributed by atoms with Crippen LogP contribution in [0.4, 0.5) is 0 Å². The van der Waals surface area contributed by atoms with Crippen molar-refractivity contribution in [2.24, 2.45) is 5.41 Å². The molecule has 2 saturated carbocycles. The molecule has 3 aliphatic rings. The quantitative estimate of drug-likeness (QED) is 0.682. The lowest BCUT2D eigenvalue weighted by atomic mass is 9.64. The monoisotopic (exact) mass is 249 g/mol. The molecule has 2 nitrogen and oxygen atoms in total. The second-order valence-corrected chi connectivity index (χ2v) is 6.91. The molecular formula is C16H27NO. The van der Waals surface area contributed by atoms with Gasteiger partial charge in [0.25, 0.3) is 0 Å². The molecule has 2 unspecified atom stereocenters. The summed E-state index contributed by atoms with van der Waals surface area (Å²) in [6.07, 6.45) is 16.6. The Kier molecular flexibility index (Phi) is 3.17. The smallest absolute Gasteiger partial charge is 0.102 e. The van der Waals surface area contributed by atoms with Crippen LogP contribution in [0.25, 0.3) is 0 Å². The molecule has 0 saturated heterocycles. The summed E-state index contributed by atoms with van der Waals surface area (Å²) in [6.45, 7) is 4.70. The number of hydrogen-bond acceptors (Lipinski definition) is 2. The van der Waals surface area contributed by atoms with Gasteiger partial charge in [-0.05, 0) is 32.6 Å². The van der Waals surface area contributed by atoms with Gasteiger partial charge < -0.3 is 0 Å². The van der Waals surface area contributed by atoms with E-state index in [0.717, 1.165) is 0 Å². The fraction of sp³-hybridized carbons (Fsp3) is 0.875. The summed E-state index contributed by atoms with van der Waals surface area (Å²) in [5.74, 6) is 0. The lowest BCUT2D eigenvalue weighted by molar-refractivity contribution is -0.286. The Morgan fingerprint density at radius 2 is 1.72 bits per heavy atom. The van der Waals surface area contributed by atoms with Gasteiger partial charge in [-0.2, -0.15) is 0 Å². The Bertz CT molecular complexity index is 334. The SMILES string of the molecule is CC12C=CN(C3CCCCC3)OC1(C)CCCC2. The van der Waals surface area contributed by atoms with E-state index in [1.807, 2.05) is 0 Å². The van der Waals surface area contributed by atoms with E-state index in [0.29, 0.717) is 6.04 Å². The van der Waals surface area contributed by atoms with E-state index in [9.17, 15) is 0 Å². The molecule has 2 aliphatic carbocycles. The van der Waals surface area contributed by atoms with Crippen LogP contribution in [0.1, 0.15) is 71.6 Å². The molecule has 0 N–H and O–H groups in total. The standard InChI is InChI=1S/C16H27NO/c1-15-10-6-7-11-16(15,2)18-17(13-12-15)14-8-4-3-5-9-14/h12-14H,3-11H2,1-2H3. The summed E-state index contributed by atoms with van der Waals surface area (Å²) < 4.78 is 0. The van der Waals surface area contributed by atoms with Crippen LogP contribution in [-0.4, -0.2) is 16.7 Å². The summed E-state index contributed by atoms with van der Waals surface area (Å²) in [4.78, 5) is 6.47. The van der Waals surface area contributed by atoms with Crippen molar-refractivity contribution in [1.82, 2.24) is 5.06 Å². The van der Waals surface area contributed by atoms with Gasteiger partial charge in [-0.15, -0.1) is 0 Å². The third-order valence-corrected chi connectivity index (χ3v) is 5.64. The molecule has 3 rings (SSSR count). The van der Waals surface area contributed by atoms with Gasteiger partial charge in [-0.3, -0.25) is 9.90 Å². The second-order valence-electron chi connectivity index (χ2n) is 6.91. The van der Waals surface area contributed by atoms with Gasteiger partial charge in [-0.25, -0.2) is 0 Å². The average molecular weight is 249 g/mol. The molecule has 0 radical (unpaired) electrons. The van der Waals surface area contributed by atoms with Gasteiger partial charge in [0.05, 0.1) is 6.04 Å². The molecule has 0 aromatic rings. The van der Waals surface area contributed by atoms with Crippen molar-refractivity contribution in [3.05, 3.63) is 12.3 Å². The molecule has 102 valence electrons. The Morgan fingerprint density at radius 3 is 2.50 bits per heavy atom. The maximum Gasteiger partial charge on any atom is 0.102 e. The molecule has 0 amide bonds. The summed E-state index contributed by atoms with van der Waals surface area (Å²) in [6, 6.07) is 0.623. The Balaban J connectivity index is 1.78. The van der Waals surface area contributed by atoms with Crippen molar-refractivity contribution in [2.45, 2.75) is 83.3 Å². The van der Waals surface area contributed by atoms with Crippen molar-refractivity contribution in [3.63, 3.8) is 0 Å². The van der Waals surface area contributed by atoms with E-state index < -0.39 is 0 Å².